The minimum Gasteiger partial charge on any atom is -0.508 e. The van der Waals surface area contributed by atoms with Crippen molar-refractivity contribution in [2.24, 2.45) is 0 Å². The molecule has 5 aromatic carbocycles. The largest absolute Gasteiger partial charge is 0.508 e. The number of rotatable bonds is 7. The summed E-state index contributed by atoms with van der Waals surface area (Å²) < 4.78 is 29.0. The molecule has 0 fully saturated rings. The zero-order valence-electron chi connectivity index (χ0n) is 28.5. The van der Waals surface area contributed by atoms with E-state index in [1.54, 1.807) is 0 Å². The third-order valence-electron chi connectivity index (χ3n) is 9.54. The number of benzene rings is 5. The first-order valence-corrected chi connectivity index (χ1v) is 16.4. The van der Waals surface area contributed by atoms with Crippen LogP contribution in [0.15, 0.2) is 66.7 Å². The summed E-state index contributed by atoms with van der Waals surface area (Å²) in [6, 6.07) is 13.7. The molecule has 2 heterocycles. The second kappa shape index (κ2) is 13.5. The molecule has 4 unspecified atom stereocenters. The maximum absolute atomic E-state index is 13.6. The van der Waals surface area contributed by atoms with Gasteiger partial charge in [-0.25, -0.2) is 4.79 Å². The van der Waals surface area contributed by atoms with Crippen LogP contribution in [0.2, 0.25) is 0 Å². The fourth-order valence-corrected chi connectivity index (χ4v) is 7.03. The van der Waals surface area contributed by atoms with E-state index in [0.29, 0.717) is 5.56 Å². The highest BCUT2D eigenvalue weighted by Crippen LogP contribution is 2.57. The number of fused-ring (bicyclic) bond motifs is 2. The van der Waals surface area contributed by atoms with Gasteiger partial charge in [0.05, 0.1) is 19.8 Å². The summed E-state index contributed by atoms with van der Waals surface area (Å²) in [4.78, 5) is 13.6. The Morgan fingerprint density at radius 1 is 0.648 bits per heavy atom. The topological polar surface area (TPSA) is 245 Å². The molecule has 0 bridgehead atoms. The van der Waals surface area contributed by atoms with E-state index in [9.17, 15) is 50.8 Å². The predicted octanol–water partition coefficient (Wildman–Crippen LogP) is 5.61. The molecule has 0 saturated heterocycles. The molecule has 7 rings (SSSR count). The van der Waals surface area contributed by atoms with Gasteiger partial charge in [0.25, 0.3) is 0 Å². The summed E-state index contributed by atoms with van der Waals surface area (Å²) in [5, 5.41) is 95.5. The number of esters is 1. The molecule has 9 N–H and O–H groups in total. The summed E-state index contributed by atoms with van der Waals surface area (Å²) in [5.74, 6) is -5.63. The molecule has 4 atom stereocenters. The normalized spacial score (nSPS) is 18.7. The van der Waals surface area contributed by atoms with Crippen molar-refractivity contribution in [2.45, 2.75) is 37.1 Å². The van der Waals surface area contributed by atoms with Crippen LogP contribution in [0.5, 0.6) is 74.7 Å². The zero-order valence-corrected chi connectivity index (χ0v) is 28.5. The van der Waals surface area contributed by atoms with Gasteiger partial charge in [0, 0.05) is 59.2 Å². The lowest BCUT2D eigenvalue weighted by Crippen LogP contribution is -2.35. The van der Waals surface area contributed by atoms with Crippen molar-refractivity contribution < 1.29 is 74.4 Å². The van der Waals surface area contributed by atoms with E-state index in [2.05, 4.69) is 0 Å². The van der Waals surface area contributed by atoms with Crippen LogP contribution < -0.4 is 18.9 Å². The van der Waals surface area contributed by atoms with Crippen LogP contribution in [0.3, 0.4) is 0 Å². The Labute approximate surface area is 306 Å². The van der Waals surface area contributed by atoms with Gasteiger partial charge in [-0.2, -0.15) is 0 Å². The molecule has 5 aromatic rings. The van der Waals surface area contributed by atoms with Crippen LogP contribution >= 0.6 is 0 Å². The van der Waals surface area contributed by atoms with Crippen molar-refractivity contribution in [1.82, 2.24) is 0 Å². The smallest absolute Gasteiger partial charge is 0.338 e. The SMILES string of the molecule is COc1cc(C(=O)OC2Cc3c(O)cc(O)c(C4CC(c5ccc(O)c(O)c5)Oc5cc(O)cc(O)c54)c3OC2c2ccc(O)c(O)c2)cc(O)c1OC. The Hall–Kier alpha value is -7.03. The minimum atomic E-state index is -1.25. The molecule has 0 aliphatic carbocycles. The molecule has 54 heavy (non-hydrogen) atoms. The van der Waals surface area contributed by atoms with Crippen molar-refractivity contribution in [3.8, 4) is 74.7 Å². The number of ether oxygens (including phenoxy) is 5. The Morgan fingerprint density at radius 3 is 1.98 bits per heavy atom. The zero-order chi connectivity index (χ0) is 38.6. The van der Waals surface area contributed by atoms with Gasteiger partial charge >= 0.3 is 5.97 Å². The lowest BCUT2D eigenvalue weighted by Gasteiger charge is -2.38. The van der Waals surface area contributed by atoms with E-state index in [1.807, 2.05) is 0 Å². The van der Waals surface area contributed by atoms with Crippen LogP contribution in [-0.2, 0) is 11.2 Å². The average Bonchev–Trinajstić information content (AvgIpc) is 3.13. The van der Waals surface area contributed by atoms with Crippen LogP contribution in [-0.4, -0.2) is 72.3 Å². The second-order valence-electron chi connectivity index (χ2n) is 12.8. The van der Waals surface area contributed by atoms with Crippen LogP contribution in [0.25, 0.3) is 0 Å². The first kappa shape index (κ1) is 35.4. The number of methoxy groups -OCH3 is 2. The lowest BCUT2D eigenvalue weighted by atomic mass is 9.79. The highest BCUT2D eigenvalue weighted by atomic mass is 16.6. The Kier molecular flexibility index (Phi) is 8.85. The average molecular weight is 743 g/mol. The van der Waals surface area contributed by atoms with Crippen molar-refractivity contribution in [3.05, 3.63) is 100 Å². The first-order valence-electron chi connectivity index (χ1n) is 16.4. The Balaban J connectivity index is 1.36. The summed E-state index contributed by atoms with van der Waals surface area (Å²) in [5.41, 5.74) is 0.823. The van der Waals surface area contributed by atoms with Crippen molar-refractivity contribution in [2.75, 3.05) is 14.2 Å². The number of hydrogen-bond acceptors (Lipinski definition) is 15. The molecular formula is C39H34O15. The summed E-state index contributed by atoms with van der Waals surface area (Å²) in [6.07, 6.45) is -3.58. The third-order valence-corrected chi connectivity index (χ3v) is 9.54. The lowest BCUT2D eigenvalue weighted by molar-refractivity contribution is -0.0194. The fraction of sp³-hybridized carbons (Fsp3) is 0.205. The van der Waals surface area contributed by atoms with Gasteiger partial charge < -0.3 is 69.6 Å². The quantitative estimate of drug-likeness (QED) is 0.0726. The van der Waals surface area contributed by atoms with Gasteiger partial charge in [-0.1, -0.05) is 12.1 Å². The maximum atomic E-state index is 13.6. The number of phenolic OH excluding ortho intramolecular Hbond substituents is 9. The molecule has 2 aliphatic rings. The van der Waals surface area contributed by atoms with E-state index in [-0.39, 0.29) is 80.9 Å². The molecule has 0 aromatic heterocycles. The summed E-state index contributed by atoms with van der Waals surface area (Å²) in [6.45, 7) is 0. The van der Waals surface area contributed by atoms with E-state index in [0.717, 1.165) is 18.2 Å². The Bertz CT molecular complexity index is 2300. The van der Waals surface area contributed by atoms with Gasteiger partial charge in [-0.15, -0.1) is 0 Å². The molecule has 2 aliphatic heterocycles. The van der Waals surface area contributed by atoms with E-state index < -0.39 is 64.7 Å². The number of hydrogen-bond donors (Lipinski definition) is 9. The van der Waals surface area contributed by atoms with Crippen LogP contribution in [0.4, 0.5) is 0 Å². The minimum absolute atomic E-state index is 0.00440. The van der Waals surface area contributed by atoms with Gasteiger partial charge in [0.1, 0.15) is 46.7 Å². The predicted molar refractivity (Wildman–Crippen MR) is 186 cm³/mol. The number of phenols is 9. The molecule has 0 saturated carbocycles. The monoisotopic (exact) mass is 742 g/mol. The van der Waals surface area contributed by atoms with Crippen LogP contribution in [0.1, 0.15) is 62.7 Å². The molecule has 0 amide bonds. The molecule has 280 valence electrons. The van der Waals surface area contributed by atoms with Crippen LogP contribution in [0, 0.1) is 0 Å². The molecular weight excluding hydrogens is 708 g/mol. The number of carbonyl (C=O) groups excluding carboxylic acids is 1. The van der Waals surface area contributed by atoms with Crippen molar-refractivity contribution in [3.63, 3.8) is 0 Å². The van der Waals surface area contributed by atoms with E-state index in [1.165, 1.54) is 62.8 Å². The molecule has 0 spiro atoms. The van der Waals surface area contributed by atoms with Crippen molar-refractivity contribution >= 4 is 5.97 Å². The third kappa shape index (κ3) is 6.14. The molecule has 15 heteroatoms. The van der Waals surface area contributed by atoms with Gasteiger partial charge in [0.2, 0.25) is 5.75 Å². The standard InChI is InChI=1S/C39H34O15/c1-50-32-10-18(9-29(48)38(32)51-2)39(49)53-33-13-20-24(43)15-28(47)35(37(20)54-36(33)17-4-6-23(42)26(45)8-17)21-14-30(16-3-5-22(41)25(44)7-16)52-31-12-19(40)11-27(46)34(21)31/h3-12,15,21,30,33,36,40-48H,13-14H2,1-2H3. The molecule has 0 radical (unpaired) electrons. The molecule has 15 nitrogen and oxygen atoms in total. The highest BCUT2D eigenvalue weighted by molar-refractivity contribution is 5.91. The van der Waals surface area contributed by atoms with Gasteiger partial charge in [-0.05, 0) is 42.0 Å². The van der Waals surface area contributed by atoms with Gasteiger partial charge in [0.15, 0.2) is 40.6 Å². The first-order chi connectivity index (χ1) is 25.8. The number of carbonyl (C=O) groups is 1. The van der Waals surface area contributed by atoms with E-state index in [4.69, 9.17) is 23.7 Å². The highest BCUT2D eigenvalue weighted by Gasteiger charge is 2.43. The second-order valence-corrected chi connectivity index (χ2v) is 12.8. The van der Waals surface area contributed by atoms with E-state index >= 15 is 0 Å². The summed E-state index contributed by atoms with van der Waals surface area (Å²) >= 11 is 0. The Morgan fingerprint density at radius 2 is 1.31 bits per heavy atom. The van der Waals surface area contributed by atoms with Crippen molar-refractivity contribution in [1.29, 1.82) is 0 Å². The summed E-state index contributed by atoms with van der Waals surface area (Å²) in [7, 11) is 2.63. The maximum Gasteiger partial charge on any atom is 0.338 e. The number of aromatic hydroxyl groups is 9. The fourth-order valence-electron chi connectivity index (χ4n) is 7.03. The van der Waals surface area contributed by atoms with Gasteiger partial charge in [-0.3, -0.25) is 0 Å².